The molecule has 1 aliphatic heterocycles. The van der Waals surface area contributed by atoms with Gasteiger partial charge < -0.3 is 0 Å². The summed E-state index contributed by atoms with van der Waals surface area (Å²) in [6, 6.07) is -0.532. The number of urea groups is 1. The first-order valence-corrected chi connectivity index (χ1v) is 6.64. The zero-order valence-corrected chi connectivity index (χ0v) is 10.6. The van der Waals surface area contributed by atoms with Crippen molar-refractivity contribution in [3.63, 3.8) is 0 Å². The summed E-state index contributed by atoms with van der Waals surface area (Å²) in [5.41, 5.74) is -0.869. The Labute approximate surface area is 106 Å². The van der Waals surface area contributed by atoms with E-state index in [-0.39, 0.29) is 11.3 Å². The SMILES string of the molecule is CC1(CN2C(=O)NC(=O)C3(CC3)C2=O)CCCC1. The standard InChI is InChI=1S/C13H18N2O3/c1-12(4-2-3-5-12)8-15-10(17)13(6-7-13)9(16)14-11(15)18/h2-8H2,1H3,(H,14,16,18). The number of hydrogen-bond acceptors (Lipinski definition) is 3. The monoisotopic (exact) mass is 250 g/mol. The minimum atomic E-state index is -0.900. The third-order valence-electron chi connectivity index (χ3n) is 4.66. The third-order valence-corrected chi connectivity index (χ3v) is 4.66. The lowest BCUT2D eigenvalue weighted by atomic mass is 9.87. The van der Waals surface area contributed by atoms with E-state index in [9.17, 15) is 14.4 Å². The highest BCUT2D eigenvalue weighted by Gasteiger charge is 2.62. The summed E-state index contributed by atoms with van der Waals surface area (Å²) in [6.07, 6.45) is 5.57. The molecule has 1 heterocycles. The zero-order chi connectivity index (χ0) is 13.0. The van der Waals surface area contributed by atoms with Crippen LogP contribution in [0, 0.1) is 10.8 Å². The summed E-state index contributed by atoms with van der Waals surface area (Å²) in [5.74, 6) is -0.672. The number of carbonyl (C=O) groups is 3. The second-order valence-corrected chi connectivity index (χ2v) is 6.25. The molecule has 2 aliphatic carbocycles. The fraction of sp³-hybridized carbons (Fsp3) is 0.769. The average Bonchev–Trinajstić information content (AvgIpc) is 3.02. The van der Waals surface area contributed by atoms with Gasteiger partial charge in [0.05, 0.1) is 0 Å². The quantitative estimate of drug-likeness (QED) is 0.754. The maximum atomic E-state index is 12.3. The molecule has 0 atom stereocenters. The Hall–Kier alpha value is -1.39. The summed E-state index contributed by atoms with van der Waals surface area (Å²) < 4.78 is 0. The minimum absolute atomic E-state index is 0.0312. The van der Waals surface area contributed by atoms with Gasteiger partial charge in [-0.2, -0.15) is 0 Å². The Morgan fingerprint density at radius 2 is 1.72 bits per heavy atom. The van der Waals surface area contributed by atoms with Crippen LogP contribution < -0.4 is 5.32 Å². The largest absolute Gasteiger partial charge is 0.330 e. The van der Waals surface area contributed by atoms with Crippen molar-refractivity contribution >= 4 is 17.8 Å². The predicted octanol–water partition coefficient (Wildman–Crippen LogP) is 1.43. The number of imide groups is 2. The molecule has 18 heavy (non-hydrogen) atoms. The molecule has 98 valence electrons. The van der Waals surface area contributed by atoms with Gasteiger partial charge in [0.25, 0.3) is 0 Å². The van der Waals surface area contributed by atoms with Gasteiger partial charge in [0.1, 0.15) is 5.41 Å². The Bertz CT molecular complexity index is 434. The second-order valence-electron chi connectivity index (χ2n) is 6.25. The van der Waals surface area contributed by atoms with Gasteiger partial charge in [-0.1, -0.05) is 19.8 Å². The highest BCUT2D eigenvalue weighted by Crippen LogP contribution is 2.50. The zero-order valence-electron chi connectivity index (χ0n) is 10.6. The minimum Gasteiger partial charge on any atom is -0.277 e. The number of hydrogen-bond donors (Lipinski definition) is 1. The fourth-order valence-corrected chi connectivity index (χ4v) is 3.21. The van der Waals surface area contributed by atoms with E-state index in [0.29, 0.717) is 19.4 Å². The highest BCUT2D eigenvalue weighted by atomic mass is 16.2. The van der Waals surface area contributed by atoms with Crippen molar-refractivity contribution in [3.8, 4) is 0 Å². The van der Waals surface area contributed by atoms with E-state index in [1.165, 1.54) is 4.90 Å². The molecule has 2 saturated carbocycles. The average molecular weight is 250 g/mol. The van der Waals surface area contributed by atoms with E-state index < -0.39 is 17.4 Å². The Morgan fingerprint density at radius 1 is 1.11 bits per heavy atom. The van der Waals surface area contributed by atoms with Crippen LogP contribution in [0.1, 0.15) is 45.4 Å². The molecule has 5 nitrogen and oxygen atoms in total. The highest BCUT2D eigenvalue weighted by molar-refractivity contribution is 6.20. The molecule has 1 N–H and O–H groups in total. The Balaban J connectivity index is 1.80. The number of barbiturate groups is 1. The Morgan fingerprint density at radius 3 is 2.28 bits per heavy atom. The molecular weight excluding hydrogens is 232 g/mol. The van der Waals surface area contributed by atoms with Crippen LogP contribution in [0.5, 0.6) is 0 Å². The summed E-state index contributed by atoms with van der Waals surface area (Å²) in [6.45, 7) is 2.57. The maximum absolute atomic E-state index is 12.3. The predicted molar refractivity (Wildman–Crippen MR) is 63.5 cm³/mol. The fourth-order valence-electron chi connectivity index (χ4n) is 3.21. The van der Waals surface area contributed by atoms with Crippen LogP contribution in [0.4, 0.5) is 4.79 Å². The van der Waals surface area contributed by atoms with Crippen molar-refractivity contribution in [1.82, 2.24) is 10.2 Å². The first-order valence-electron chi connectivity index (χ1n) is 6.64. The molecule has 0 aromatic rings. The van der Waals surface area contributed by atoms with Gasteiger partial charge >= 0.3 is 6.03 Å². The van der Waals surface area contributed by atoms with Gasteiger partial charge in [-0.25, -0.2) is 4.79 Å². The van der Waals surface area contributed by atoms with Crippen molar-refractivity contribution in [2.75, 3.05) is 6.54 Å². The van der Waals surface area contributed by atoms with Crippen LogP contribution >= 0.6 is 0 Å². The third kappa shape index (κ3) is 1.56. The number of carbonyl (C=O) groups excluding carboxylic acids is 3. The van der Waals surface area contributed by atoms with Crippen molar-refractivity contribution in [2.45, 2.75) is 45.4 Å². The van der Waals surface area contributed by atoms with Crippen molar-refractivity contribution in [1.29, 1.82) is 0 Å². The number of rotatable bonds is 2. The lowest BCUT2D eigenvalue weighted by Gasteiger charge is -2.35. The van der Waals surface area contributed by atoms with E-state index in [4.69, 9.17) is 0 Å². The normalized spacial score (nSPS) is 28.7. The van der Waals surface area contributed by atoms with Crippen LogP contribution in [0.2, 0.25) is 0 Å². The van der Waals surface area contributed by atoms with Gasteiger partial charge in [0.15, 0.2) is 0 Å². The van der Waals surface area contributed by atoms with E-state index in [0.717, 1.165) is 25.7 Å². The van der Waals surface area contributed by atoms with E-state index in [1.807, 2.05) is 0 Å². The molecule has 0 aromatic heterocycles. The van der Waals surface area contributed by atoms with Gasteiger partial charge in [-0.15, -0.1) is 0 Å². The van der Waals surface area contributed by atoms with Gasteiger partial charge in [0, 0.05) is 6.54 Å². The topological polar surface area (TPSA) is 66.5 Å². The summed E-state index contributed by atoms with van der Waals surface area (Å²) in [4.78, 5) is 37.1. The van der Waals surface area contributed by atoms with Crippen LogP contribution in [0.15, 0.2) is 0 Å². The van der Waals surface area contributed by atoms with E-state index in [2.05, 4.69) is 12.2 Å². The smallest absolute Gasteiger partial charge is 0.277 e. The van der Waals surface area contributed by atoms with Crippen LogP contribution in [0.3, 0.4) is 0 Å². The molecule has 4 amide bonds. The van der Waals surface area contributed by atoms with Gasteiger partial charge in [-0.3, -0.25) is 19.8 Å². The second kappa shape index (κ2) is 3.56. The molecule has 0 unspecified atom stereocenters. The molecule has 3 rings (SSSR count). The molecule has 1 spiro atoms. The van der Waals surface area contributed by atoms with Crippen LogP contribution in [-0.2, 0) is 9.59 Å². The molecule has 1 saturated heterocycles. The van der Waals surface area contributed by atoms with Crippen molar-refractivity contribution in [2.24, 2.45) is 10.8 Å². The van der Waals surface area contributed by atoms with Crippen molar-refractivity contribution < 1.29 is 14.4 Å². The molecule has 0 radical (unpaired) electrons. The van der Waals surface area contributed by atoms with Gasteiger partial charge in [-0.05, 0) is 31.1 Å². The van der Waals surface area contributed by atoms with Gasteiger partial charge in [0.2, 0.25) is 11.8 Å². The number of nitrogens with one attached hydrogen (secondary N) is 1. The summed E-state index contributed by atoms with van der Waals surface area (Å²) >= 11 is 0. The summed E-state index contributed by atoms with van der Waals surface area (Å²) in [7, 11) is 0. The van der Waals surface area contributed by atoms with Crippen LogP contribution in [0.25, 0.3) is 0 Å². The van der Waals surface area contributed by atoms with Crippen molar-refractivity contribution in [3.05, 3.63) is 0 Å². The Kier molecular flexibility index (Phi) is 2.31. The number of amides is 4. The first kappa shape index (κ1) is 11.7. The molecule has 3 aliphatic rings. The van der Waals surface area contributed by atoms with E-state index >= 15 is 0 Å². The molecule has 5 heteroatoms. The molecule has 0 bridgehead atoms. The molecule has 3 fully saturated rings. The lowest BCUT2D eigenvalue weighted by molar-refractivity contribution is -0.145. The molecular formula is C13H18N2O3. The lowest BCUT2D eigenvalue weighted by Crippen LogP contribution is -2.60. The summed E-state index contributed by atoms with van der Waals surface area (Å²) in [5, 5.41) is 2.33. The molecule has 0 aromatic carbocycles. The van der Waals surface area contributed by atoms with Crippen LogP contribution in [-0.4, -0.2) is 29.3 Å². The maximum Gasteiger partial charge on any atom is 0.330 e. The first-order chi connectivity index (χ1) is 8.47. The number of nitrogens with zero attached hydrogens (tertiary/aromatic N) is 1. The van der Waals surface area contributed by atoms with E-state index in [1.54, 1.807) is 0 Å².